The van der Waals surface area contributed by atoms with Gasteiger partial charge in [-0.15, -0.1) is 0 Å². The topological polar surface area (TPSA) is 98.7 Å². The number of aromatic hydroxyl groups is 1. The van der Waals surface area contributed by atoms with Crippen LogP contribution in [0.2, 0.25) is 0 Å². The molecule has 0 bridgehead atoms. The molecule has 7 heteroatoms. The molecule has 0 saturated carbocycles. The summed E-state index contributed by atoms with van der Waals surface area (Å²) < 4.78 is 0. The minimum absolute atomic E-state index is 0.0647. The van der Waals surface area contributed by atoms with Crippen LogP contribution in [0.1, 0.15) is 23.2 Å². The summed E-state index contributed by atoms with van der Waals surface area (Å²) in [6, 6.07) is 13.7. The first-order chi connectivity index (χ1) is 13.6. The van der Waals surface area contributed by atoms with Crippen molar-refractivity contribution in [2.75, 3.05) is 23.7 Å². The van der Waals surface area contributed by atoms with Crippen molar-refractivity contribution >= 4 is 28.7 Å². The number of nitrogens with zero attached hydrogens (tertiary/aromatic N) is 1. The molecule has 0 atom stereocenters. The highest BCUT2D eigenvalue weighted by Crippen LogP contribution is 2.33. The smallest absolute Gasteiger partial charge is 0.257 e. The third kappa shape index (κ3) is 3.11. The lowest BCUT2D eigenvalue weighted by molar-refractivity contribution is 0.0790. The average Bonchev–Trinajstić information content (AvgIpc) is 3.26. The molecular weight excluding hydrogens is 358 g/mol. The summed E-state index contributed by atoms with van der Waals surface area (Å²) in [5.74, 6) is -0.482. The molecule has 0 unspecified atom stereocenters. The molecule has 28 heavy (non-hydrogen) atoms. The van der Waals surface area contributed by atoms with Crippen LogP contribution in [0.25, 0.3) is 0 Å². The van der Waals surface area contributed by atoms with Crippen LogP contribution >= 0.6 is 0 Å². The summed E-state index contributed by atoms with van der Waals surface area (Å²) in [7, 11) is 0. The number of amides is 1. The van der Waals surface area contributed by atoms with Gasteiger partial charge in [0.15, 0.2) is 5.75 Å². The Bertz CT molecular complexity index is 1090. The van der Waals surface area contributed by atoms with Crippen molar-refractivity contribution in [3.8, 4) is 5.75 Å². The second-order valence-corrected chi connectivity index (χ2v) is 6.73. The number of hydrogen-bond acceptors (Lipinski definition) is 6. The largest absolute Gasteiger partial charge is 0.505 e. The molecule has 1 fully saturated rings. The molecule has 1 heterocycles. The molecule has 4 rings (SSSR count). The van der Waals surface area contributed by atoms with Gasteiger partial charge in [-0.1, -0.05) is 24.3 Å². The molecule has 142 valence electrons. The van der Waals surface area contributed by atoms with Gasteiger partial charge in [0.2, 0.25) is 0 Å². The molecule has 3 aromatic carbocycles. The molecule has 1 amide bonds. The minimum Gasteiger partial charge on any atom is -0.505 e. The number of anilines is 4. The van der Waals surface area contributed by atoms with Crippen LogP contribution in [0.15, 0.2) is 58.1 Å². The fourth-order valence-electron chi connectivity index (χ4n) is 3.34. The summed E-state index contributed by atoms with van der Waals surface area (Å²) in [5, 5.41) is 16.3. The van der Waals surface area contributed by atoms with E-state index in [1.54, 1.807) is 47.4 Å². The van der Waals surface area contributed by atoms with Gasteiger partial charge in [-0.3, -0.25) is 14.4 Å². The predicted octanol–water partition coefficient (Wildman–Crippen LogP) is 2.71. The van der Waals surface area contributed by atoms with Crippen molar-refractivity contribution in [3.63, 3.8) is 0 Å². The van der Waals surface area contributed by atoms with Crippen molar-refractivity contribution in [2.45, 2.75) is 12.8 Å². The highest BCUT2D eigenvalue weighted by molar-refractivity contribution is 5.99. The number of carbonyl (C=O) groups is 1. The van der Waals surface area contributed by atoms with Crippen molar-refractivity contribution in [1.82, 2.24) is 4.90 Å². The number of nitrogens with one attached hydrogen (secondary N) is 2. The summed E-state index contributed by atoms with van der Waals surface area (Å²) in [6.07, 6.45) is 1.89. The summed E-state index contributed by atoms with van der Waals surface area (Å²) in [5.41, 5.74) is -0.0673. The lowest BCUT2D eigenvalue weighted by Gasteiger charge is -2.19. The maximum atomic E-state index is 12.6. The fraction of sp³-hybridized carbons (Fsp3) is 0.190. The van der Waals surface area contributed by atoms with E-state index in [-0.39, 0.29) is 34.3 Å². The van der Waals surface area contributed by atoms with Crippen LogP contribution in [0.3, 0.4) is 0 Å². The Morgan fingerprint density at radius 3 is 2.18 bits per heavy atom. The molecule has 3 aromatic rings. The normalized spacial score (nSPS) is 13.6. The molecular formula is C21H19N3O4. The standard InChI is InChI=1S/C21H19N3O4/c25-18-14(21(28)24-11-4-5-12-24)9-6-10-15(18)23-17-16(19(26)20(17)27)22-13-7-2-1-3-8-13/h1-3,6-10,22-23,25H,4-5,11-12H2. The van der Waals surface area contributed by atoms with E-state index in [0.29, 0.717) is 18.8 Å². The number of para-hydroxylation sites is 2. The number of benzene rings is 2. The Hall–Kier alpha value is -3.61. The van der Waals surface area contributed by atoms with Crippen molar-refractivity contribution in [1.29, 1.82) is 0 Å². The fourth-order valence-corrected chi connectivity index (χ4v) is 3.34. The third-order valence-corrected chi connectivity index (χ3v) is 4.87. The van der Waals surface area contributed by atoms with Crippen molar-refractivity contribution < 1.29 is 9.90 Å². The molecule has 7 nitrogen and oxygen atoms in total. The Balaban J connectivity index is 1.61. The number of hydrogen-bond donors (Lipinski definition) is 3. The van der Waals surface area contributed by atoms with E-state index in [0.717, 1.165) is 12.8 Å². The Morgan fingerprint density at radius 1 is 0.857 bits per heavy atom. The molecule has 0 aliphatic carbocycles. The number of likely N-dealkylation sites (tertiary alicyclic amines) is 1. The zero-order valence-corrected chi connectivity index (χ0v) is 15.1. The predicted molar refractivity (Wildman–Crippen MR) is 108 cm³/mol. The number of rotatable bonds is 5. The molecule has 0 radical (unpaired) electrons. The summed E-state index contributed by atoms with van der Waals surface area (Å²) >= 11 is 0. The van der Waals surface area contributed by atoms with Gasteiger partial charge in [-0.2, -0.15) is 0 Å². The van der Waals surface area contributed by atoms with Crippen LogP contribution in [-0.2, 0) is 0 Å². The van der Waals surface area contributed by atoms with Gasteiger partial charge in [0.05, 0.1) is 11.3 Å². The minimum atomic E-state index is -0.672. The van der Waals surface area contributed by atoms with Crippen LogP contribution in [0, 0.1) is 0 Å². The molecule has 1 saturated heterocycles. The van der Waals surface area contributed by atoms with Crippen molar-refractivity contribution in [2.24, 2.45) is 0 Å². The van der Waals surface area contributed by atoms with E-state index in [1.807, 2.05) is 6.07 Å². The van der Waals surface area contributed by atoms with Crippen LogP contribution in [0.5, 0.6) is 5.75 Å². The highest BCUT2D eigenvalue weighted by Gasteiger charge is 2.25. The first-order valence-electron chi connectivity index (χ1n) is 9.10. The van der Waals surface area contributed by atoms with Crippen LogP contribution in [0.4, 0.5) is 22.7 Å². The monoisotopic (exact) mass is 377 g/mol. The van der Waals surface area contributed by atoms with Gasteiger partial charge in [0.1, 0.15) is 11.4 Å². The zero-order chi connectivity index (χ0) is 19.7. The van der Waals surface area contributed by atoms with E-state index in [4.69, 9.17) is 0 Å². The molecule has 1 aliphatic heterocycles. The van der Waals surface area contributed by atoms with Gasteiger partial charge < -0.3 is 20.6 Å². The van der Waals surface area contributed by atoms with Gasteiger partial charge in [0.25, 0.3) is 16.8 Å². The quantitative estimate of drug-likeness (QED) is 0.467. The van der Waals surface area contributed by atoms with E-state index < -0.39 is 10.9 Å². The Labute approximate surface area is 160 Å². The Morgan fingerprint density at radius 2 is 1.50 bits per heavy atom. The van der Waals surface area contributed by atoms with Gasteiger partial charge >= 0.3 is 0 Å². The van der Waals surface area contributed by atoms with E-state index in [9.17, 15) is 19.5 Å². The van der Waals surface area contributed by atoms with Crippen LogP contribution in [-0.4, -0.2) is 29.0 Å². The molecule has 0 spiro atoms. The number of phenolic OH excluding ortho intramolecular Hbond substituents is 1. The highest BCUT2D eigenvalue weighted by atomic mass is 16.3. The molecule has 0 aromatic heterocycles. The maximum Gasteiger partial charge on any atom is 0.257 e. The van der Waals surface area contributed by atoms with Gasteiger partial charge in [-0.05, 0) is 37.1 Å². The average molecular weight is 377 g/mol. The van der Waals surface area contributed by atoms with Crippen molar-refractivity contribution in [3.05, 3.63) is 74.5 Å². The molecule has 3 N–H and O–H groups in total. The summed E-state index contributed by atoms with van der Waals surface area (Å²) in [6.45, 7) is 1.33. The third-order valence-electron chi connectivity index (χ3n) is 4.87. The van der Waals surface area contributed by atoms with Gasteiger partial charge in [0, 0.05) is 18.8 Å². The summed E-state index contributed by atoms with van der Waals surface area (Å²) in [4.78, 5) is 38.3. The first kappa shape index (κ1) is 17.8. The van der Waals surface area contributed by atoms with Gasteiger partial charge in [-0.25, -0.2) is 0 Å². The maximum absolute atomic E-state index is 12.6. The van der Waals surface area contributed by atoms with E-state index in [1.165, 1.54) is 0 Å². The number of carbonyl (C=O) groups excluding carboxylic acids is 1. The van der Waals surface area contributed by atoms with E-state index >= 15 is 0 Å². The van der Waals surface area contributed by atoms with E-state index in [2.05, 4.69) is 10.6 Å². The zero-order valence-electron chi connectivity index (χ0n) is 15.1. The molecule has 1 aliphatic rings. The second-order valence-electron chi connectivity index (χ2n) is 6.73. The number of phenols is 1. The second kappa shape index (κ2) is 7.19. The Kier molecular flexibility index (Phi) is 4.57. The lowest BCUT2D eigenvalue weighted by Crippen LogP contribution is -2.35. The first-order valence-corrected chi connectivity index (χ1v) is 9.10. The lowest BCUT2D eigenvalue weighted by atomic mass is 10.1. The SMILES string of the molecule is O=C(c1cccc(Nc2c(Nc3ccccc3)c(=O)c2=O)c1O)N1CCCC1. The van der Waals surface area contributed by atoms with Crippen LogP contribution < -0.4 is 21.5 Å².